The summed E-state index contributed by atoms with van der Waals surface area (Å²) in [5.41, 5.74) is 2.91. The first kappa shape index (κ1) is 15.5. The number of hydrogen-bond donors (Lipinski definition) is 1. The summed E-state index contributed by atoms with van der Waals surface area (Å²) in [4.78, 5) is 0. The summed E-state index contributed by atoms with van der Waals surface area (Å²) in [6, 6.07) is 11.0. The standard InChI is InChI=1S/C15H14Br2FNO/c1-20-9-11-12(16)3-2-4-15(11)19-8-10-5-6-13(17)14(18)7-10/h2-7,19H,8-9H2,1H3. The molecule has 0 aliphatic carbocycles. The molecular formula is C15H14Br2FNO. The zero-order valence-electron chi connectivity index (χ0n) is 10.9. The smallest absolute Gasteiger partial charge is 0.137 e. The average Bonchev–Trinajstić information content (AvgIpc) is 2.43. The highest BCUT2D eigenvalue weighted by Gasteiger charge is 2.07. The molecular weight excluding hydrogens is 389 g/mol. The highest BCUT2D eigenvalue weighted by molar-refractivity contribution is 9.10. The highest BCUT2D eigenvalue weighted by Crippen LogP contribution is 2.26. The first-order valence-corrected chi connectivity index (χ1v) is 7.64. The van der Waals surface area contributed by atoms with E-state index in [1.54, 1.807) is 13.2 Å². The van der Waals surface area contributed by atoms with E-state index in [-0.39, 0.29) is 5.82 Å². The van der Waals surface area contributed by atoms with Crippen LogP contribution in [0, 0.1) is 5.82 Å². The molecule has 0 saturated carbocycles. The molecule has 0 heterocycles. The van der Waals surface area contributed by atoms with E-state index in [9.17, 15) is 4.39 Å². The van der Waals surface area contributed by atoms with E-state index in [1.807, 2.05) is 24.3 Å². The van der Waals surface area contributed by atoms with Gasteiger partial charge in [-0.25, -0.2) is 4.39 Å². The van der Waals surface area contributed by atoms with Crippen molar-refractivity contribution < 1.29 is 9.13 Å². The lowest BCUT2D eigenvalue weighted by Gasteiger charge is -2.13. The molecule has 0 aromatic heterocycles. The number of rotatable bonds is 5. The lowest BCUT2D eigenvalue weighted by Crippen LogP contribution is -2.04. The number of nitrogens with one attached hydrogen (secondary N) is 1. The van der Waals surface area contributed by atoms with Gasteiger partial charge in [0.1, 0.15) is 5.82 Å². The Morgan fingerprint density at radius 1 is 1.15 bits per heavy atom. The Balaban J connectivity index is 2.14. The van der Waals surface area contributed by atoms with E-state index in [2.05, 4.69) is 37.2 Å². The van der Waals surface area contributed by atoms with Gasteiger partial charge in [-0.1, -0.05) is 28.1 Å². The fraction of sp³-hybridized carbons (Fsp3) is 0.200. The number of benzene rings is 2. The number of hydrogen-bond acceptors (Lipinski definition) is 2. The minimum absolute atomic E-state index is 0.254. The second-order valence-corrected chi connectivity index (χ2v) is 6.01. The fourth-order valence-electron chi connectivity index (χ4n) is 1.86. The third-order valence-electron chi connectivity index (χ3n) is 2.87. The Labute approximate surface area is 134 Å². The number of anilines is 1. The van der Waals surface area contributed by atoms with Gasteiger partial charge < -0.3 is 10.1 Å². The maximum Gasteiger partial charge on any atom is 0.137 e. The molecule has 2 aromatic carbocycles. The van der Waals surface area contributed by atoms with Crippen molar-refractivity contribution in [2.75, 3.05) is 12.4 Å². The summed E-state index contributed by atoms with van der Waals surface area (Å²) >= 11 is 6.66. The van der Waals surface area contributed by atoms with E-state index in [4.69, 9.17) is 4.74 Å². The van der Waals surface area contributed by atoms with Crippen LogP contribution in [0.15, 0.2) is 45.3 Å². The number of halogens is 3. The van der Waals surface area contributed by atoms with Gasteiger partial charge in [0.05, 0.1) is 11.1 Å². The fourth-order valence-corrected chi connectivity index (χ4v) is 2.59. The lowest BCUT2D eigenvalue weighted by atomic mass is 10.1. The van der Waals surface area contributed by atoms with Gasteiger partial charge in [0, 0.05) is 29.4 Å². The van der Waals surface area contributed by atoms with Crippen LogP contribution in [0.3, 0.4) is 0 Å². The van der Waals surface area contributed by atoms with Crippen LogP contribution in [0.5, 0.6) is 0 Å². The second kappa shape index (κ2) is 7.20. The number of ether oxygens (including phenoxy) is 1. The van der Waals surface area contributed by atoms with E-state index in [0.29, 0.717) is 17.6 Å². The molecule has 0 radical (unpaired) electrons. The lowest BCUT2D eigenvalue weighted by molar-refractivity contribution is 0.185. The predicted molar refractivity (Wildman–Crippen MR) is 86.3 cm³/mol. The molecule has 0 aliphatic heterocycles. The largest absolute Gasteiger partial charge is 0.381 e. The van der Waals surface area contributed by atoms with Crippen LogP contribution in [0.4, 0.5) is 10.1 Å². The van der Waals surface area contributed by atoms with Gasteiger partial charge in [-0.05, 0) is 45.8 Å². The van der Waals surface area contributed by atoms with E-state index >= 15 is 0 Å². The van der Waals surface area contributed by atoms with Crippen LogP contribution in [0.1, 0.15) is 11.1 Å². The quantitative estimate of drug-likeness (QED) is 0.750. The van der Waals surface area contributed by atoms with Crippen LogP contribution in [-0.4, -0.2) is 7.11 Å². The summed E-state index contributed by atoms with van der Waals surface area (Å²) in [7, 11) is 1.66. The predicted octanol–water partition coefficient (Wildman–Crippen LogP) is 5.11. The molecule has 0 aliphatic rings. The molecule has 20 heavy (non-hydrogen) atoms. The third kappa shape index (κ3) is 3.81. The molecule has 0 unspecified atom stereocenters. The maximum absolute atomic E-state index is 13.5. The minimum Gasteiger partial charge on any atom is -0.381 e. The van der Waals surface area contributed by atoms with Crippen molar-refractivity contribution in [3.63, 3.8) is 0 Å². The van der Waals surface area contributed by atoms with Crippen LogP contribution >= 0.6 is 31.9 Å². The van der Waals surface area contributed by atoms with Crippen LogP contribution < -0.4 is 5.32 Å². The summed E-state index contributed by atoms with van der Waals surface area (Å²) in [6.45, 7) is 1.07. The molecule has 0 spiro atoms. The Hall–Kier alpha value is -0.910. The monoisotopic (exact) mass is 401 g/mol. The van der Waals surface area contributed by atoms with Crippen molar-refractivity contribution in [1.82, 2.24) is 0 Å². The van der Waals surface area contributed by atoms with Crippen LogP contribution in [0.2, 0.25) is 0 Å². The molecule has 0 amide bonds. The van der Waals surface area contributed by atoms with Crippen molar-refractivity contribution in [2.24, 2.45) is 0 Å². The van der Waals surface area contributed by atoms with Crippen molar-refractivity contribution in [2.45, 2.75) is 13.2 Å². The highest BCUT2D eigenvalue weighted by atomic mass is 79.9. The average molecular weight is 403 g/mol. The molecule has 0 atom stereocenters. The van der Waals surface area contributed by atoms with Crippen molar-refractivity contribution >= 4 is 37.5 Å². The van der Waals surface area contributed by atoms with Gasteiger partial charge in [-0.3, -0.25) is 0 Å². The Bertz CT molecular complexity index is 604. The molecule has 2 aromatic rings. The molecule has 1 N–H and O–H groups in total. The zero-order chi connectivity index (χ0) is 14.5. The Kier molecular flexibility index (Phi) is 5.57. The van der Waals surface area contributed by atoms with Crippen LogP contribution in [-0.2, 0) is 17.9 Å². The van der Waals surface area contributed by atoms with Gasteiger partial charge in [-0.15, -0.1) is 0 Å². The molecule has 0 saturated heterocycles. The molecule has 106 valence electrons. The second-order valence-electron chi connectivity index (χ2n) is 4.30. The molecule has 2 nitrogen and oxygen atoms in total. The maximum atomic E-state index is 13.5. The van der Waals surface area contributed by atoms with Gasteiger partial charge in [-0.2, -0.15) is 0 Å². The third-order valence-corrected chi connectivity index (χ3v) is 4.26. The molecule has 0 bridgehead atoms. The zero-order valence-corrected chi connectivity index (χ0v) is 14.1. The Morgan fingerprint density at radius 3 is 2.65 bits per heavy atom. The SMILES string of the molecule is COCc1c(Br)cccc1NCc1ccc(Br)c(F)c1. The molecule has 5 heteroatoms. The van der Waals surface area contributed by atoms with E-state index in [0.717, 1.165) is 21.3 Å². The van der Waals surface area contributed by atoms with Gasteiger partial charge >= 0.3 is 0 Å². The molecule has 0 fully saturated rings. The summed E-state index contributed by atoms with van der Waals surface area (Å²) in [6.07, 6.45) is 0. The topological polar surface area (TPSA) is 21.3 Å². The Morgan fingerprint density at radius 2 is 1.95 bits per heavy atom. The van der Waals surface area contributed by atoms with Crippen molar-refractivity contribution in [3.05, 3.63) is 62.3 Å². The first-order chi connectivity index (χ1) is 9.61. The van der Waals surface area contributed by atoms with Gasteiger partial charge in [0.25, 0.3) is 0 Å². The summed E-state index contributed by atoms with van der Waals surface area (Å²) in [5, 5.41) is 3.31. The van der Waals surface area contributed by atoms with Crippen molar-refractivity contribution in [3.8, 4) is 0 Å². The van der Waals surface area contributed by atoms with E-state index in [1.165, 1.54) is 6.07 Å². The summed E-state index contributed by atoms with van der Waals surface area (Å²) in [5.74, 6) is -0.254. The van der Waals surface area contributed by atoms with E-state index < -0.39 is 0 Å². The van der Waals surface area contributed by atoms with Gasteiger partial charge in [0.15, 0.2) is 0 Å². The normalized spacial score (nSPS) is 10.6. The summed E-state index contributed by atoms with van der Waals surface area (Å²) < 4.78 is 20.1. The number of methoxy groups -OCH3 is 1. The van der Waals surface area contributed by atoms with Crippen LogP contribution in [0.25, 0.3) is 0 Å². The minimum atomic E-state index is -0.254. The molecule has 2 rings (SSSR count). The first-order valence-electron chi connectivity index (χ1n) is 6.06. The van der Waals surface area contributed by atoms with Crippen molar-refractivity contribution in [1.29, 1.82) is 0 Å². The van der Waals surface area contributed by atoms with Gasteiger partial charge in [0.2, 0.25) is 0 Å².